The van der Waals surface area contributed by atoms with Crippen molar-refractivity contribution >= 4 is 17.6 Å². The van der Waals surface area contributed by atoms with E-state index in [1.165, 1.54) is 18.2 Å². The first kappa shape index (κ1) is 25.6. The van der Waals surface area contributed by atoms with Crippen LogP contribution in [0, 0.1) is 11.8 Å². The number of aromatic nitrogens is 1. The molecule has 1 amide bonds. The summed E-state index contributed by atoms with van der Waals surface area (Å²) in [6.45, 7) is 8.30. The third kappa shape index (κ3) is 5.74. The quantitative estimate of drug-likeness (QED) is 0.237. The Bertz CT molecular complexity index is 897. The van der Waals surface area contributed by atoms with Crippen molar-refractivity contribution in [3.8, 4) is 5.88 Å². The first-order valence-electron chi connectivity index (χ1n) is 11.3. The Morgan fingerprint density at radius 1 is 1.32 bits per heavy atom. The van der Waals surface area contributed by atoms with Crippen molar-refractivity contribution in [1.29, 1.82) is 0 Å². The summed E-state index contributed by atoms with van der Waals surface area (Å²) < 4.78 is 28.7. The van der Waals surface area contributed by atoms with Crippen LogP contribution in [0.3, 0.4) is 0 Å². The highest BCUT2D eigenvalue weighted by Gasteiger charge is 2.39. The summed E-state index contributed by atoms with van der Waals surface area (Å²) in [4.78, 5) is 32.0. The zero-order chi connectivity index (χ0) is 24.7. The lowest BCUT2D eigenvalue weighted by Gasteiger charge is -2.40. The Balaban J connectivity index is 1.76. The maximum absolute atomic E-state index is 13.0. The molecule has 2 heterocycles. The van der Waals surface area contributed by atoms with E-state index in [0.717, 1.165) is 12.1 Å². The largest absolute Gasteiger partial charge is 0.476 e. The van der Waals surface area contributed by atoms with E-state index in [4.69, 9.17) is 14.2 Å². The fraction of sp³-hybridized carbons (Fsp3) is 0.542. The average molecular weight is 478 g/mol. The van der Waals surface area contributed by atoms with Gasteiger partial charge in [-0.15, -0.1) is 0 Å². The van der Waals surface area contributed by atoms with Crippen LogP contribution in [0.4, 0.5) is 10.1 Å². The van der Waals surface area contributed by atoms with Gasteiger partial charge in [0.2, 0.25) is 5.88 Å². The molecule has 1 aliphatic carbocycles. The molecule has 3 rings (SSSR count). The molecule has 2 atom stereocenters. The van der Waals surface area contributed by atoms with Gasteiger partial charge in [-0.05, 0) is 30.4 Å². The number of aliphatic hydroxyl groups excluding tert-OH is 1. The van der Waals surface area contributed by atoms with Crippen molar-refractivity contribution in [2.45, 2.75) is 24.5 Å². The predicted octanol–water partition coefficient (Wildman–Crippen LogP) is 1.67. The Morgan fingerprint density at radius 2 is 2.06 bits per heavy atom. The van der Waals surface area contributed by atoms with Crippen LogP contribution in [-0.4, -0.2) is 80.3 Å². The van der Waals surface area contributed by atoms with Crippen LogP contribution in [0.2, 0.25) is 0 Å². The van der Waals surface area contributed by atoms with E-state index >= 15 is 0 Å². The van der Waals surface area contributed by atoms with Gasteiger partial charge in [0.1, 0.15) is 11.4 Å². The van der Waals surface area contributed by atoms with E-state index in [1.54, 1.807) is 13.2 Å². The first-order chi connectivity index (χ1) is 16.4. The Morgan fingerprint density at radius 3 is 2.65 bits per heavy atom. The molecule has 9 nitrogen and oxygen atoms in total. The number of carbonyl (C=O) groups excluding carboxylic acids is 2. The molecular weight excluding hydrogens is 445 g/mol. The molecule has 186 valence electrons. The second-order valence-corrected chi connectivity index (χ2v) is 8.44. The minimum absolute atomic E-state index is 0.0294. The molecule has 2 aliphatic rings. The third-order valence-electron chi connectivity index (χ3n) is 6.15. The normalized spacial score (nSPS) is 19.7. The molecule has 2 fully saturated rings. The van der Waals surface area contributed by atoms with Crippen LogP contribution >= 0.6 is 0 Å². The molecule has 1 aliphatic heterocycles. The van der Waals surface area contributed by atoms with Crippen molar-refractivity contribution in [2.75, 3.05) is 51.6 Å². The molecule has 1 aromatic heterocycles. The monoisotopic (exact) mass is 477 g/mol. The van der Waals surface area contributed by atoms with Crippen molar-refractivity contribution in [3.63, 3.8) is 0 Å². The van der Waals surface area contributed by atoms with Gasteiger partial charge in [-0.25, -0.2) is 9.78 Å². The molecule has 0 aromatic carbocycles. The number of hydrogen-bond donors (Lipinski definition) is 2. The van der Waals surface area contributed by atoms with Crippen LogP contribution in [-0.2, 0) is 14.3 Å². The second kappa shape index (κ2) is 11.4. The lowest BCUT2D eigenvalue weighted by molar-refractivity contribution is -0.147. The Kier molecular flexibility index (Phi) is 8.62. The predicted molar refractivity (Wildman–Crippen MR) is 124 cm³/mol. The average Bonchev–Trinajstić information content (AvgIpc) is 3.59. The molecule has 34 heavy (non-hydrogen) atoms. The van der Waals surface area contributed by atoms with Crippen LogP contribution in [0.1, 0.15) is 23.3 Å². The van der Waals surface area contributed by atoms with Gasteiger partial charge in [0.05, 0.1) is 26.0 Å². The molecular formula is C24H32FN3O6. The number of esters is 1. The number of aliphatic hydroxyl groups is 1. The van der Waals surface area contributed by atoms with E-state index in [-0.39, 0.29) is 43.3 Å². The molecule has 1 saturated heterocycles. The maximum atomic E-state index is 13.0. The lowest BCUT2D eigenvalue weighted by atomic mass is 9.99. The summed E-state index contributed by atoms with van der Waals surface area (Å²) in [5.74, 6) is -0.715. The zero-order valence-corrected chi connectivity index (χ0v) is 19.4. The number of methoxy groups -OCH3 is 1. The van der Waals surface area contributed by atoms with Gasteiger partial charge in [-0.1, -0.05) is 25.3 Å². The van der Waals surface area contributed by atoms with Gasteiger partial charge in [-0.3, -0.25) is 9.18 Å². The molecule has 0 radical (unpaired) electrons. The van der Waals surface area contributed by atoms with Crippen molar-refractivity contribution in [1.82, 2.24) is 10.3 Å². The van der Waals surface area contributed by atoms with Crippen LogP contribution in [0.5, 0.6) is 5.88 Å². The lowest BCUT2D eigenvalue weighted by Crippen LogP contribution is -2.53. The highest BCUT2D eigenvalue weighted by atomic mass is 19.1. The van der Waals surface area contributed by atoms with E-state index in [0.29, 0.717) is 25.6 Å². The van der Waals surface area contributed by atoms with Crippen LogP contribution in [0.15, 0.2) is 37.4 Å². The molecule has 0 bridgehead atoms. The summed E-state index contributed by atoms with van der Waals surface area (Å²) in [5.41, 5.74) is -0.933. The summed E-state index contributed by atoms with van der Waals surface area (Å²) in [6, 6.07) is 3.28. The molecule has 1 unspecified atom stereocenters. The molecule has 1 aromatic rings. The van der Waals surface area contributed by atoms with Crippen LogP contribution < -0.4 is 15.0 Å². The van der Waals surface area contributed by atoms with Gasteiger partial charge in [-0.2, -0.15) is 0 Å². The third-order valence-corrected chi connectivity index (χ3v) is 6.15. The summed E-state index contributed by atoms with van der Waals surface area (Å²) in [6.07, 6.45) is 3.45. The molecule has 10 heteroatoms. The fourth-order valence-electron chi connectivity index (χ4n) is 3.61. The number of halogens is 1. The van der Waals surface area contributed by atoms with Gasteiger partial charge in [0.25, 0.3) is 5.91 Å². The summed E-state index contributed by atoms with van der Waals surface area (Å²) in [5, 5.41) is 11.8. The number of ether oxygens (including phenoxy) is 3. The highest BCUT2D eigenvalue weighted by molar-refractivity contribution is 5.99. The summed E-state index contributed by atoms with van der Waals surface area (Å²) >= 11 is 0. The van der Waals surface area contributed by atoms with E-state index in [2.05, 4.69) is 23.5 Å². The number of carbonyl (C=O) groups is 2. The molecule has 2 N–H and O–H groups in total. The van der Waals surface area contributed by atoms with Crippen molar-refractivity contribution in [2.24, 2.45) is 11.8 Å². The van der Waals surface area contributed by atoms with Gasteiger partial charge in [0.15, 0.2) is 5.54 Å². The Hall–Kier alpha value is -2.98. The minimum Gasteiger partial charge on any atom is -0.476 e. The molecule has 1 saturated carbocycles. The second-order valence-electron chi connectivity index (χ2n) is 8.44. The highest BCUT2D eigenvalue weighted by Crippen LogP contribution is 2.39. The minimum atomic E-state index is -1.69. The number of nitrogens with one attached hydrogen (secondary N) is 1. The molecule has 0 spiro atoms. The van der Waals surface area contributed by atoms with Gasteiger partial charge >= 0.3 is 5.97 Å². The fourth-order valence-corrected chi connectivity index (χ4v) is 3.61. The zero-order valence-electron chi connectivity index (χ0n) is 19.4. The first-order valence-corrected chi connectivity index (χ1v) is 11.3. The van der Waals surface area contributed by atoms with Gasteiger partial charge in [0, 0.05) is 33.2 Å². The standard InChI is InChI=1S/C24H32FN3O6/c1-4-24(5-2,23(31)33-10-6-9-25)27-21(30)19-7-8-20(28-12-18(13-28)32-3)22(26-19)34-15-17-11-16(17)14-29/h4-5,7-8,16-18,29H,1-2,6,9-15H2,3H3,(H,27,30)/t16-,17?/m1/s1. The number of rotatable bonds is 14. The SMILES string of the molecule is C=CC(C=C)(NC(=O)c1ccc(N2CC(OC)C2)c(OCC2C[C@@H]2CO)n1)C(=O)OCCCF. The number of hydrogen-bond acceptors (Lipinski definition) is 8. The topological polar surface area (TPSA) is 110 Å². The van der Waals surface area contributed by atoms with Crippen molar-refractivity contribution in [3.05, 3.63) is 43.1 Å². The number of anilines is 1. The van der Waals surface area contributed by atoms with Crippen molar-refractivity contribution < 1.29 is 33.3 Å². The van der Waals surface area contributed by atoms with E-state index in [9.17, 15) is 19.1 Å². The number of nitrogens with zero attached hydrogens (tertiary/aromatic N) is 2. The van der Waals surface area contributed by atoms with Crippen LogP contribution in [0.25, 0.3) is 0 Å². The summed E-state index contributed by atoms with van der Waals surface area (Å²) in [7, 11) is 1.65. The Labute approximate surface area is 198 Å². The van der Waals surface area contributed by atoms with E-state index < -0.39 is 24.1 Å². The number of pyridine rings is 1. The van der Waals surface area contributed by atoms with E-state index in [1.807, 2.05) is 4.90 Å². The van der Waals surface area contributed by atoms with Gasteiger partial charge < -0.3 is 29.5 Å². The number of amides is 1. The number of alkyl halides is 1. The maximum Gasteiger partial charge on any atom is 0.340 e. The smallest absolute Gasteiger partial charge is 0.340 e.